The highest BCUT2D eigenvalue weighted by Gasteiger charge is 2.32. The molecule has 0 spiro atoms. The van der Waals surface area contributed by atoms with E-state index in [0.29, 0.717) is 0 Å². The van der Waals surface area contributed by atoms with Gasteiger partial charge in [-0.05, 0) is 24.6 Å². The number of fused-ring (bicyclic) bond motifs is 3. The summed E-state index contributed by atoms with van der Waals surface area (Å²) in [5, 5.41) is 0. The van der Waals surface area contributed by atoms with Crippen molar-refractivity contribution in [3.63, 3.8) is 0 Å². The van der Waals surface area contributed by atoms with Gasteiger partial charge in [0, 0.05) is 29.1 Å². The molecule has 6 heteroatoms. The van der Waals surface area contributed by atoms with E-state index in [1.807, 2.05) is 71.6 Å². The third-order valence-corrected chi connectivity index (χ3v) is 8.72. The van der Waals surface area contributed by atoms with E-state index >= 15 is 0 Å². The smallest absolute Gasteiger partial charge is 0.0971 e. The van der Waals surface area contributed by atoms with Gasteiger partial charge in [0.05, 0.1) is 24.1 Å². The molecule has 0 bridgehead atoms. The van der Waals surface area contributed by atoms with Crippen molar-refractivity contribution in [1.82, 2.24) is 9.97 Å². The Kier molecular flexibility index (Phi) is 4.02. The Morgan fingerprint density at radius 2 is 1.32 bits per heavy atom. The molecule has 2 aliphatic rings. The Bertz CT molecular complexity index is 761. The number of thioether (sulfide) groups is 4. The molecule has 2 nitrogen and oxygen atoms in total. The van der Waals surface area contributed by atoms with Crippen LogP contribution in [0.2, 0.25) is 0 Å². The van der Waals surface area contributed by atoms with E-state index in [4.69, 9.17) is 0 Å². The van der Waals surface area contributed by atoms with Crippen molar-refractivity contribution in [3.8, 4) is 11.4 Å². The van der Waals surface area contributed by atoms with Crippen molar-refractivity contribution < 1.29 is 0 Å². The number of hydrogen-bond acceptors (Lipinski definition) is 6. The lowest BCUT2D eigenvalue weighted by atomic mass is 10.1. The first-order valence-corrected chi connectivity index (χ1v) is 10.7. The molecule has 0 atom stereocenters. The van der Waals surface area contributed by atoms with Crippen LogP contribution in [0.4, 0.5) is 0 Å². The monoisotopic (exact) mass is 360 g/mol. The molecule has 2 aromatic rings. The van der Waals surface area contributed by atoms with Gasteiger partial charge in [-0.25, -0.2) is 0 Å². The SMILES string of the molecule is CSC1=C(SC)SC(=C2c3cccnc3-c3ncccc32)S1. The van der Waals surface area contributed by atoms with Crippen LogP contribution in [-0.4, -0.2) is 22.5 Å². The maximum Gasteiger partial charge on any atom is 0.0971 e. The van der Waals surface area contributed by atoms with Crippen LogP contribution < -0.4 is 0 Å². The van der Waals surface area contributed by atoms with Gasteiger partial charge in [-0.1, -0.05) is 35.7 Å². The standard InChI is InChI=1S/C16H12N2S4/c1-19-15-16(20-2)22-14(21-15)11-9-5-3-7-17-12(9)13-10(11)6-4-8-18-13/h3-8H,1-2H3. The van der Waals surface area contributed by atoms with Crippen molar-refractivity contribution in [1.29, 1.82) is 0 Å². The van der Waals surface area contributed by atoms with E-state index in [0.717, 1.165) is 11.4 Å². The van der Waals surface area contributed by atoms with Gasteiger partial charge < -0.3 is 0 Å². The molecule has 0 N–H and O–H groups in total. The third-order valence-electron chi connectivity index (χ3n) is 3.49. The Morgan fingerprint density at radius 1 is 0.818 bits per heavy atom. The number of pyridine rings is 2. The second kappa shape index (κ2) is 6.00. The highest BCUT2D eigenvalue weighted by molar-refractivity contribution is 8.40. The first-order chi connectivity index (χ1) is 10.8. The number of aromatic nitrogens is 2. The van der Waals surface area contributed by atoms with Crippen LogP contribution in [-0.2, 0) is 0 Å². The van der Waals surface area contributed by atoms with Crippen molar-refractivity contribution in [2.75, 3.05) is 12.5 Å². The summed E-state index contributed by atoms with van der Waals surface area (Å²) in [6.07, 6.45) is 7.98. The normalized spacial score (nSPS) is 16.3. The van der Waals surface area contributed by atoms with E-state index in [1.165, 1.54) is 29.4 Å². The molecule has 4 rings (SSSR count). The average molecular weight is 361 g/mol. The summed E-state index contributed by atoms with van der Waals surface area (Å²) >= 11 is 7.40. The van der Waals surface area contributed by atoms with Crippen LogP contribution in [0.3, 0.4) is 0 Å². The van der Waals surface area contributed by atoms with Gasteiger partial charge in [0.2, 0.25) is 0 Å². The quantitative estimate of drug-likeness (QED) is 0.598. The molecule has 0 saturated heterocycles. The fourth-order valence-electron chi connectivity index (χ4n) is 2.58. The molecule has 110 valence electrons. The predicted molar refractivity (Wildman–Crippen MR) is 103 cm³/mol. The average Bonchev–Trinajstić information content (AvgIpc) is 3.13. The Labute approximate surface area is 146 Å². The highest BCUT2D eigenvalue weighted by atomic mass is 32.3. The van der Waals surface area contributed by atoms with Gasteiger partial charge >= 0.3 is 0 Å². The highest BCUT2D eigenvalue weighted by Crippen LogP contribution is 2.60. The largest absolute Gasteiger partial charge is 0.254 e. The van der Waals surface area contributed by atoms with Crippen LogP contribution in [0.1, 0.15) is 11.1 Å². The zero-order valence-corrected chi connectivity index (χ0v) is 15.3. The molecule has 0 saturated carbocycles. The van der Waals surface area contributed by atoms with Crippen molar-refractivity contribution in [2.45, 2.75) is 0 Å². The number of rotatable bonds is 2. The summed E-state index contributed by atoms with van der Waals surface area (Å²) in [5.74, 6) is 0. The van der Waals surface area contributed by atoms with Crippen molar-refractivity contribution >= 4 is 52.6 Å². The summed E-state index contributed by atoms with van der Waals surface area (Å²) in [4.78, 5) is 9.12. The zero-order chi connectivity index (χ0) is 15.1. The molecular formula is C16H12N2S4. The summed E-state index contributed by atoms with van der Waals surface area (Å²) in [6, 6.07) is 8.33. The molecule has 1 aliphatic heterocycles. The lowest BCUT2D eigenvalue weighted by Gasteiger charge is -2.06. The molecule has 2 aromatic heterocycles. The van der Waals surface area contributed by atoms with Crippen LogP contribution in [0.25, 0.3) is 17.0 Å². The molecule has 3 heterocycles. The molecule has 1 aliphatic carbocycles. The molecule has 0 unspecified atom stereocenters. The fourth-order valence-corrected chi connectivity index (χ4v) is 7.71. The maximum absolute atomic E-state index is 4.56. The molecule has 0 amide bonds. The van der Waals surface area contributed by atoms with Gasteiger partial charge in [0.15, 0.2) is 0 Å². The maximum atomic E-state index is 4.56. The second-order valence-electron chi connectivity index (χ2n) is 4.65. The van der Waals surface area contributed by atoms with Crippen molar-refractivity contribution in [3.05, 3.63) is 60.5 Å². The van der Waals surface area contributed by atoms with E-state index in [-0.39, 0.29) is 0 Å². The van der Waals surface area contributed by atoms with Gasteiger partial charge in [-0.2, -0.15) is 0 Å². The summed E-state index contributed by atoms with van der Waals surface area (Å²) in [5.41, 5.74) is 5.70. The van der Waals surface area contributed by atoms with Crippen LogP contribution >= 0.6 is 47.0 Å². The predicted octanol–water partition coefficient (Wildman–Crippen LogP) is 5.51. The molecule has 0 radical (unpaired) electrons. The number of nitrogens with zero attached hydrogens (tertiary/aromatic N) is 2. The molecular weight excluding hydrogens is 348 g/mol. The van der Waals surface area contributed by atoms with Gasteiger partial charge in [-0.15, -0.1) is 23.5 Å². The zero-order valence-electron chi connectivity index (χ0n) is 12.0. The Hall–Kier alpha value is -0.820. The lowest BCUT2D eigenvalue weighted by molar-refractivity contribution is 1.26. The fraction of sp³-hybridized carbons (Fsp3) is 0.125. The molecule has 22 heavy (non-hydrogen) atoms. The van der Waals surface area contributed by atoms with E-state index in [9.17, 15) is 0 Å². The van der Waals surface area contributed by atoms with Crippen LogP contribution in [0.5, 0.6) is 0 Å². The van der Waals surface area contributed by atoms with Gasteiger partial charge in [0.1, 0.15) is 0 Å². The van der Waals surface area contributed by atoms with E-state index < -0.39 is 0 Å². The Morgan fingerprint density at radius 3 is 1.77 bits per heavy atom. The topological polar surface area (TPSA) is 25.8 Å². The second-order valence-corrected chi connectivity index (χ2v) is 9.10. The third kappa shape index (κ3) is 2.24. The number of hydrogen-bond donors (Lipinski definition) is 0. The van der Waals surface area contributed by atoms with Gasteiger partial charge in [0.25, 0.3) is 0 Å². The minimum absolute atomic E-state index is 1.00. The molecule has 0 fully saturated rings. The van der Waals surface area contributed by atoms with E-state index in [1.54, 1.807) is 0 Å². The van der Waals surface area contributed by atoms with Crippen LogP contribution in [0, 0.1) is 0 Å². The Balaban J connectivity index is 1.92. The molecule has 0 aromatic carbocycles. The van der Waals surface area contributed by atoms with Gasteiger partial charge in [-0.3, -0.25) is 9.97 Å². The van der Waals surface area contributed by atoms with E-state index in [2.05, 4.69) is 34.6 Å². The summed E-state index contributed by atoms with van der Waals surface area (Å²) in [7, 11) is 0. The minimum atomic E-state index is 1.00. The van der Waals surface area contributed by atoms with Crippen LogP contribution in [0.15, 0.2) is 49.4 Å². The minimum Gasteiger partial charge on any atom is -0.254 e. The lowest BCUT2D eigenvalue weighted by Crippen LogP contribution is -1.84. The summed E-state index contributed by atoms with van der Waals surface area (Å²) in [6.45, 7) is 0. The summed E-state index contributed by atoms with van der Waals surface area (Å²) < 4.78 is 4.13. The first-order valence-electron chi connectivity index (χ1n) is 6.67. The first kappa shape index (κ1) is 14.8. The van der Waals surface area contributed by atoms with Crippen molar-refractivity contribution in [2.24, 2.45) is 0 Å².